The zero-order chi connectivity index (χ0) is 11.5. The Kier molecular flexibility index (Phi) is 4.35. The highest BCUT2D eigenvalue weighted by atomic mass is 15.1. The maximum absolute atomic E-state index is 4.13. The first-order valence-electron chi connectivity index (χ1n) is 6.00. The quantitative estimate of drug-likeness (QED) is 0.701. The van der Waals surface area contributed by atoms with Crippen LogP contribution in [0.3, 0.4) is 0 Å². The summed E-state index contributed by atoms with van der Waals surface area (Å²) in [5.74, 6) is 0. The van der Waals surface area contributed by atoms with Crippen LogP contribution in [0.2, 0.25) is 0 Å². The van der Waals surface area contributed by atoms with Crippen LogP contribution < -0.4 is 5.32 Å². The van der Waals surface area contributed by atoms with E-state index in [2.05, 4.69) is 44.6 Å². The van der Waals surface area contributed by atoms with Gasteiger partial charge < -0.3 is 5.32 Å². The lowest BCUT2D eigenvalue weighted by Gasteiger charge is -2.35. The predicted molar refractivity (Wildman–Crippen MR) is 67.2 cm³/mol. The van der Waals surface area contributed by atoms with Crippen LogP contribution in [0.5, 0.6) is 0 Å². The van der Waals surface area contributed by atoms with Gasteiger partial charge in [-0.3, -0.25) is 4.90 Å². The van der Waals surface area contributed by atoms with Gasteiger partial charge in [0.25, 0.3) is 0 Å². The number of nitrogens with zero attached hydrogens (tertiary/aromatic N) is 1. The summed E-state index contributed by atoms with van der Waals surface area (Å²) in [6.45, 7) is 12.7. The average molecular weight is 210 g/mol. The SMILES string of the molecule is C=C(CNC(C)(C)C)CN(C)C1CCC1. The minimum Gasteiger partial charge on any atom is -0.308 e. The Morgan fingerprint density at radius 3 is 2.40 bits per heavy atom. The molecule has 1 fully saturated rings. The van der Waals surface area contributed by atoms with Gasteiger partial charge in [0.15, 0.2) is 0 Å². The standard InChI is InChI=1S/C13H26N2/c1-11(9-14-13(2,3)4)10-15(5)12-7-6-8-12/h12,14H,1,6-10H2,2-5H3. The summed E-state index contributed by atoms with van der Waals surface area (Å²) in [7, 11) is 2.21. The molecule has 0 aliphatic heterocycles. The second-order valence-corrected chi connectivity index (χ2v) is 5.85. The lowest BCUT2D eigenvalue weighted by atomic mass is 9.91. The van der Waals surface area contributed by atoms with Gasteiger partial charge in [0.05, 0.1) is 0 Å². The Morgan fingerprint density at radius 2 is 2.00 bits per heavy atom. The van der Waals surface area contributed by atoms with Crippen molar-refractivity contribution in [3.05, 3.63) is 12.2 Å². The highest BCUT2D eigenvalue weighted by Crippen LogP contribution is 2.23. The molecular formula is C13H26N2. The molecule has 0 amide bonds. The minimum atomic E-state index is 0.192. The monoisotopic (exact) mass is 210 g/mol. The minimum absolute atomic E-state index is 0.192. The molecule has 15 heavy (non-hydrogen) atoms. The maximum atomic E-state index is 4.13. The molecule has 0 radical (unpaired) electrons. The number of likely N-dealkylation sites (N-methyl/N-ethyl adjacent to an activating group) is 1. The first-order valence-corrected chi connectivity index (χ1v) is 6.00. The van der Waals surface area contributed by atoms with E-state index < -0.39 is 0 Å². The molecule has 0 bridgehead atoms. The fourth-order valence-corrected chi connectivity index (χ4v) is 1.76. The van der Waals surface area contributed by atoms with Crippen molar-refractivity contribution in [3.63, 3.8) is 0 Å². The van der Waals surface area contributed by atoms with Crippen molar-refractivity contribution in [2.75, 3.05) is 20.1 Å². The van der Waals surface area contributed by atoms with E-state index in [1.54, 1.807) is 0 Å². The topological polar surface area (TPSA) is 15.3 Å². The number of hydrogen-bond donors (Lipinski definition) is 1. The third kappa shape index (κ3) is 4.80. The van der Waals surface area contributed by atoms with Crippen molar-refractivity contribution in [2.45, 2.75) is 51.6 Å². The molecule has 88 valence electrons. The third-order valence-corrected chi connectivity index (χ3v) is 3.04. The van der Waals surface area contributed by atoms with Crippen LogP contribution in [-0.2, 0) is 0 Å². The van der Waals surface area contributed by atoms with Crippen molar-refractivity contribution in [1.29, 1.82) is 0 Å². The van der Waals surface area contributed by atoms with E-state index in [0.29, 0.717) is 0 Å². The van der Waals surface area contributed by atoms with Gasteiger partial charge in [0.1, 0.15) is 0 Å². The highest BCUT2D eigenvalue weighted by molar-refractivity contribution is 5.02. The fraction of sp³-hybridized carbons (Fsp3) is 0.846. The van der Waals surface area contributed by atoms with Gasteiger partial charge >= 0.3 is 0 Å². The molecule has 1 aliphatic carbocycles. The van der Waals surface area contributed by atoms with Crippen LogP contribution in [0.4, 0.5) is 0 Å². The molecule has 1 saturated carbocycles. The van der Waals surface area contributed by atoms with Crippen molar-refractivity contribution in [3.8, 4) is 0 Å². The number of nitrogens with one attached hydrogen (secondary N) is 1. The van der Waals surface area contributed by atoms with E-state index in [9.17, 15) is 0 Å². The van der Waals surface area contributed by atoms with Crippen LogP contribution in [0.1, 0.15) is 40.0 Å². The lowest BCUT2D eigenvalue weighted by molar-refractivity contribution is 0.171. The molecule has 0 aromatic carbocycles. The highest BCUT2D eigenvalue weighted by Gasteiger charge is 2.22. The summed E-state index contributed by atoms with van der Waals surface area (Å²) in [5, 5.41) is 3.48. The predicted octanol–water partition coefficient (Wildman–Crippen LogP) is 2.42. The van der Waals surface area contributed by atoms with Crippen LogP contribution in [0.25, 0.3) is 0 Å². The number of rotatable bonds is 5. The van der Waals surface area contributed by atoms with E-state index in [1.165, 1.54) is 24.8 Å². The van der Waals surface area contributed by atoms with Gasteiger partial charge in [0, 0.05) is 24.7 Å². The summed E-state index contributed by atoms with van der Waals surface area (Å²) < 4.78 is 0. The first-order chi connectivity index (χ1) is 6.88. The molecule has 0 saturated heterocycles. The van der Waals surface area contributed by atoms with Gasteiger partial charge in [0.2, 0.25) is 0 Å². The van der Waals surface area contributed by atoms with E-state index in [4.69, 9.17) is 0 Å². The molecule has 2 nitrogen and oxygen atoms in total. The van der Waals surface area contributed by atoms with Crippen LogP contribution in [0, 0.1) is 0 Å². The van der Waals surface area contributed by atoms with Gasteiger partial charge in [-0.2, -0.15) is 0 Å². The summed E-state index contributed by atoms with van der Waals surface area (Å²) >= 11 is 0. The molecule has 0 atom stereocenters. The summed E-state index contributed by atoms with van der Waals surface area (Å²) in [6.07, 6.45) is 4.15. The Labute approximate surface area is 94.7 Å². The van der Waals surface area contributed by atoms with Crippen LogP contribution in [0.15, 0.2) is 12.2 Å². The third-order valence-electron chi connectivity index (χ3n) is 3.04. The zero-order valence-electron chi connectivity index (χ0n) is 10.8. The van der Waals surface area contributed by atoms with E-state index >= 15 is 0 Å². The Morgan fingerprint density at radius 1 is 1.40 bits per heavy atom. The number of hydrogen-bond acceptors (Lipinski definition) is 2. The largest absolute Gasteiger partial charge is 0.308 e. The summed E-state index contributed by atoms with van der Waals surface area (Å²) in [5.41, 5.74) is 1.48. The van der Waals surface area contributed by atoms with Crippen LogP contribution in [-0.4, -0.2) is 36.6 Å². The van der Waals surface area contributed by atoms with Crippen molar-refractivity contribution >= 4 is 0 Å². The van der Waals surface area contributed by atoms with Crippen molar-refractivity contribution in [2.24, 2.45) is 0 Å². The fourth-order valence-electron chi connectivity index (χ4n) is 1.76. The van der Waals surface area contributed by atoms with Gasteiger partial charge in [-0.25, -0.2) is 0 Å². The van der Waals surface area contributed by atoms with Crippen molar-refractivity contribution < 1.29 is 0 Å². The van der Waals surface area contributed by atoms with Gasteiger partial charge in [-0.05, 0) is 46.2 Å². The van der Waals surface area contributed by atoms with E-state index in [1.807, 2.05) is 0 Å². The Bertz CT molecular complexity index is 211. The summed E-state index contributed by atoms with van der Waals surface area (Å²) in [6, 6.07) is 0.816. The molecule has 0 spiro atoms. The molecule has 0 aromatic heterocycles. The molecule has 2 heteroatoms. The molecule has 0 heterocycles. The van der Waals surface area contributed by atoms with Crippen molar-refractivity contribution in [1.82, 2.24) is 10.2 Å². The van der Waals surface area contributed by atoms with Gasteiger partial charge in [-0.1, -0.05) is 13.0 Å². The van der Waals surface area contributed by atoms with Gasteiger partial charge in [-0.15, -0.1) is 0 Å². The second kappa shape index (κ2) is 5.13. The zero-order valence-corrected chi connectivity index (χ0v) is 10.8. The Hall–Kier alpha value is -0.340. The molecule has 1 N–H and O–H groups in total. The molecule has 1 aliphatic rings. The van der Waals surface area contributed by atoms with Crippen LogP contribution >= 0.6 is 0 Å². The maximum Gasteiger partial charge on any atom is 0.0202 e. The normalized spacial score (nSPS) is 17.9. The molecule has 1 rings (SSSR count). The molecular weight excluding hydrogens is 184 g/mol. The molecule has 0 unspecified atom stereocenters. The first kappa shape index (κ1) is 12.7. The lowest BCUT2D eigenvalue weighted by Crippen LogP contribution is -2.41. The second-order valence-electron chi connectivity index (χ2n) is 5.85. The molecule has 0 aromatic rings. The average Bonchev–Trinajstić information content (AvgIpc) is 1.95. The van der Waals surface area contributed by atoms with E-state index in [-0.39, 0.29) is 5.54 Å². The Balaban J connectivity index is 2.17. The smallest absolute Gasteiger partial charge is 0.0202 e. The van der Waals surface area contributed by atoms with E-state index in [0.717, 1.165) is 19.1 Å². The summed E-state index contributed by atoms with van der Waals surface area (Å²) in [4.78, 5) is 2.44.